The van der Waals surface area contributed by atoms with E-state index >= 15 is 0 Å². The SMILES string of the molecule is NC(=O)N1Cc2ccc(C(F)(F)F)cc2C1C(F)F. The lowest BCUT2D eigenvalue weighted by Crippen LogP contribution is -2.37. The first kappa shape index (κ1) is 13.6. The molecular formula is C11H9F5N2O. The smallest absolute Gasteiger partial charge is 0.351 e. The van der Waals surface area contributed by atoms with Crippen LogP contribution in [-0.2, 0) is 12.7 Å². The number of alkyl halides is 5. The first-order chi connectivity index (χ1) is 8.71. The number of urea groups is 1. The first-order valence-corrected chi connectivity index (χ1v) is 5.26. The minimum Gasteiger partial charge on any atom is -0.351 e. The maximum Gasteiger partial charge on any atom is 0.416 e. The summed E-state index contributed by atoms with van der Waals surface area (Å²) in [7, 11) is 0. The van der Waals surface area contributed by atoms with Crippen molar-refractivity contribution in [2.24, 2.45) is 5.73 Å². The van der Waals surface area contributed by atoms with Gasteiger partial charge in [-0.3, -0.25) is 0 Å². The fourth-order valence-electron chi connectivity index (χ4n) is 2.13. The molecule has 2 rings (SSSR count). The standard InChI is InChI=1S/C11H9F5N2O/c12-9(13)8-7-3-6(11(14,15)16)2-1-5(7)4-18(8)10(17)19/h1-3,8-9H,4H2,(H2,17,19). The Morgan fingerprint density at radius 2 is 2.00 bits per heavy atom. The third-order valence-electron chi connectivity index (χ3n) is 2.99. The van der Waals surface area contributed by atoms with Crippen molar-refractivity contribution in [3.05, 3.63) is 34.9 Å². The quantitative estimate of drug-likeness (QED) is 0.790. The van der Waals surface area contributed by atoms with Crippen molar-refractivity contribution in [3.8, 4) is 0 Å². The van der Waals surface area contributed by atoms with Gasteiger partial charge in [0.15, 0.2) is 0 Å². The Labute approximate surface area is 104 Å². The van der Waals surface area contributed by atoms with Crippen LogP contribution in [0.1, 0.15) is 22.7 Å². The summed E-state index contributed by atoms with van der Waals surface area (Å²) in [5, 5.41) is 0. The van der Waals surface area contributed by atoms with Gasteiger partial charge in [-0.2, -0.15) is 13.2 Å². The zero-order valence-electron chi connectivity index (χ0n) is 9.42. The molecule has 1 aromatic rings. The summed E-state index contributed by atoms with van der Waals surface area (Å²) < 4.78 is 63.5. The van der Waals surface area contributed by atoms with Crippen LogP contribution < -0.4 is 5.73 Å². The van der Waals surface area contributed by atoms with E-state index in [0.717, 1.165) is 12.1 Å². The summed E-state index contributed by atoms with van der Waals surface area (Å²) in [5.41, 5.74) is 3.98. The lowest BCUT2D eigenvalue weighted by atomic mass is 10.0. The highest BCUT2D eigenvalue weighted by molar-refractivity contribution is 5.74. The molecule has 1 unspecified atom stereocenters. The van der Waals surface area contributed by atoms with Crippen LogP contribution in [0.3, 0.4) is 0 Å². The molecule has 0 saturated heterocycles. The second-order valence-electron chi connectivity index (χ2n) is 4.16. The van der Waals surface area contributed by atoms with Crippen molar-refractivity contribution in [1.29, 1.82) is 0 Å². The predicted molar refractivity (Wildman–Crippen MR) is 55.3 cm³/mol. The molecule has 0 bridgehead atoms. The molecule has 2 amide bonds. The number of nitrogens with zero attached hydrogens (tertiary/aromatic N) is 1. The number of hydrogen-bond acceptors (Lipinski definition) is 1. The maximum absolute atomic E-state index is 12.9. The molecule has 1 aliphatic rings. The molecule has 1 atom stereocenters. The van der Waals surface area contributed by atoms with Gasteiger partial charge in [-0.15, -0.1) is 0 Å². The highest BCUT2D eigenvalue weighted by Gasteiger charge is 2.41. The van der Waals surface area contributed by atoms with Crippen molar-refractivity contribution in [1.82, 2.24) is 4.90 Å². The van der Waals surface area contributed by atoms with Crippen molar-refractivity contribution < 1.29 is 26.7 Å². The van der Waals surface area contributed by atoms with Crippen LogP contribution in [0, 0.1) is 0 Å². The predicted octanol–water partition coefficient (Wildman–Crippen LogP) is 2.91. The average Bonchev–Trinajstić information content (AvgIpc) is 2.65. The number of carbonyl (C=O) groups excluding carboxylic acids is 1. The Morgan fingerprint density at radius 1 is 1.37 bits per heavy atom. The molecular weight excluding hydrogens is 271 g/mol. The number of halogens is 5. The number of benzene rings is 1. The van der Waals surface area contributed by atoms with E-state index in [2.05, 4.69) is 0 Å². The monoisotopic (exact) mass is 280 g/mol. The average molecular weight is 280 g/mol. The van der Waals surface area contributed by atoms with Gasteiger partial charge >= 0.3 is 12.2 Å². The summed E-state index contributed by atoms with van der Waals surface area (Å²) in [6.07, 6.45) is -7.63. The summed E-state index contributed by atoms with van der Waals surface area (Å²) in [6, 6.07) is -0.276. The third-order valence-corrected chi connectivity index (χ3v) is 2.99. The molecule has 2 N–H and O–H groups in total. The van der Waals surface area contributed by atoms with E-state index in [-0.39, 0.29) is 17.7 Å². The van der Waals surface area contributed by atoms with Crippen LogP contribution in [-0.4, -0.2) is 17.4 Å². The molecule has 0 radical (unpaired) electrons. The molecule has 0 saturated carbocycles. The molecule has 1 aromatic carbocycles. The van der Waals surface area contributed by atoms with Crippen LogP contribution in [0.2, 0.25) is 0 Å². The summed E-state index contributed by atoms with van der Waals surface area (Å²) in [5.74, 6) is 0. The van der Waals surface area contributed by atoms with Gasteiger partial charge in [-0.05, 0) is 23.3 Å². The summed E-state index contributed by atoms with van der Waals surface area (Å²) >= 11 is 0. The Kier molecular flexibility index (Phi) is 3.11. The van der Waals surface area contributed by atoms with Crippen molar-refractivity contribution in [2.75, 3.05) is 0 Å². The fourth-order valence-corrected chi connectivity index (χ4v) is 2.13. The Hall–Kier alpha value is -1.86. The summed E-state index contributed by atoms with van der Waals surface area (Å²) in [4.78, 5) is 11.7. The zero-order valence-corrected chi connectivity index (χ0v) is 9.42. The lowest BCUT2D eigenvalue weighted by molar-refractivity contribution is -0.137. The summed E-state index contributed by atoms with van der Waals surface area (Å²) in [6.45, 7) is -0.211. The van der Waals surface area contributed by atoms with E-state index in [9.17, 15) is 26.7 Å². The zero-order chi connectivity index (χ0) is 14.4. The van der Waals surface area contributed by atoms with Gasteiger partial charge in [0.2, 0.25) is 0 Å². The van der Waals surface area contributed by atoms with Crippen LogP contribution in [0.5, 0.6) is 0 Å². The Balaban J connectivity index is 2.48. The van der Waals surface area contributed by atoms with E-state index in [1.807, 2.05) is 0 Å². The molecule has 0 spiro atoms. The fraction of sp³-hybridized carbons (Fsp3) is 0.364. The topological polar surface area (TPSA) is 46.3 Å². The largest absolute Gasteiger partial charge is 0.416 e. The Bertz CT molecular complexity index is 514. The minimum atomic E-state index is -4.62. The number of fused-ring (bicyclic) bond motifs is 1. The lowest BCUT2D eigenvalue weighted by Gasteiger charge is -2.22. The number of primary amides is 1. The molecule has 0 aromatic heterocycles. The van der Waals surface area contributed by atoms with E-state index in [1.54, 1.807) is 0 Å². The number of nitrogens with two attached hydrogens (primary N) is 1. The van der Waals surface area contributed by atoms with Crippen molar-refractivity contribution >= 4 is 6.03 Å². The van der Waals surface area contributed by atoms with E-state index in [4.69, 9.17) is 5.73 Å². The van der Waals surface area contributed by atoms with Gasteiger partial charge in [-0.25, -0.2) is 13.6 Å². The number of carbonyl (C=O) groups is 1. The second-order valence-corrected chi connectivity index (χ2v) is 4.16. The van der Waals surface area contributed by atoms with Crippen LogP contribution in [0.15, 0.2) is 18.2 Å². The minimum absolute atomic E-state index is 0.205. The highest BCUT2D eigenvalue weighted by Crippen LogP contribution is 2.40. The van der Waals surface area contributed by atoms with Gasteiger partial charge < -0.3 is 10.6 Å². The molecule has 0 aliphatic carbocycles. The van der Waals surface area contributed by atoms with E-state index in [0.29, 0.717) is 11.0 Å². The van der Waals surface area contributed by atoms with Crippen LogP contribution >= 0.6 is 0 Å². The molecule has 104 valence electrons. The molecule has 1 heterocycles. The highest BCUT2D eigenvalue weighted by atomic mass is 19.4. The van der Waals surface area contributed by atoms with Gasteiger partial charge in [0.1, 0.15) is 6.04 Å². The number of amides is 2. The van der Waals surface area contributed by atoms with E-state index in [1.165, 1.54) is 0 Å². The van der Waals surface area contributed by atoms with Crippen molar-refractivity contribution in [3.63, 3.8) is 0 Å². The number of rotatable bonds is 1. The molecule has 1 aliphatic heterocycles. The van der Waals surface area contributed by atoms with Gasteiger partial charge in [0, 0.05) is 6.54 Å². The molecule has 8 heteroatoms. The number of hydrogen-bond donors (Lipinski definition) is 1. The van der Waals surface area contributed by atoms with Crippen LogP contribution in [0.4, 0.5) is 26.7 Å². The van der Waals surface area contributed by atoms with Crippen LogP contribution in [0.25, 0.3) is 0 Å². The molecule has 0 fully saturated rings. The van der Waals surface area contributed by atoms with Gasteiger partial charge in [0.25, 0.3) is 6.43 Å². The normalized spacial score (nSPS) is 18.8. The second kappa shape index (κ2) is 4.36. The Morgan fingerprint density at radius 3 is 2.47 bits per heavy atom. The molecule has 3 nitrogen and oxygen atoms in total. The van der Waals surface area contributed by atoms with Crippen molar-refractivity contribution in [2.45, 2.75) is 25.2 Å². The van der Waals surface area contributed by atoms with Gasteiger partial charge in [0.05, 0.1) is 5.56 Å². The first-order valence-electron chi connectivity index (χ1n) is 5.26. The maximum atomic E-state index is 12.9. The third kappa shape index (κ3) is 2.34. The molecule has 19 heavy (non-hydrogen) atoms. The van der Waals surface area contributed by atoms with Gasteiger partial charge in [-0.1, -0.05) is 6.07 Å². The van der Waals surface area contributed by atoms with E-state index < -0.39 is 30.2 Å².